The number of hydrogen-bond donors (Lipinski definition) is 3. The monoisotopic (exact) mass is 298 g/mol. The number of anilines is 1. The Balaban J connectivity index is 2.35. The van der Waals surface area contributed by atoms with Gasteiger partial charge in [-0.05, 0) is 37.5 Å². The third-order valence-electron chi connectivity index (χ3n) is 2.71. The predicted molar refractivity (Wildman–Crippen MR) is 79.1 cm³/mol. The minimum atomic E-state index is -1.57. The molecule has 0 fully saturated rings. The third-order valence-corrected chi connectivity index (χ3v) is 4.71. The Morgan fingerprint density at radius 2 is 2.05 bits per heavy atom. The van der Waals surface area contributed by atoms with Crippen LogP contribution in [-0.4, -0.2) is 11.9 Å². The molecule has 2 rings (SSSR count). The maximum absolute atomic E-state index is 13.7. The smallest absolute Gasteiger partial charge is 0.251 e. The Hall–Kier alpha value is -1.82. The first-order valence-corrected chi connectivity index (χ1v) is 7.53. The summed E-state index contributed by atoms with van der Waals surface area (Å²) in [5.74, 6) is -0.866. The molecule has 0 saturated heterocycles. The number of nitrogens with one attached hydrogen (secondary N) is 1. The van der Waals surface area contributed by atoms with Crippen molar-refractivity contribution in [3.63, 3.8) is 0 Å². The lowest BCUT2D eigenvalue weighted by Gasteiger charge is -2.16. The Labute approximate surface area is 118 Å². The summed E-state index contributed by atoms with van der Waals surface area (Å²) in [6, 6.07) is 4.64. The highest BCUT2D eigenvalue weighted by molar-refractivity contribution is 8.23. The van der Waals surface area contributed by atoms with Gasteiger partial charge in [-0.25, -0.2) is 8.78 Å². The van der Waals surface area contributed by atoms with E-state index in [1.165, 1.54) is 11.5 Å². The Bertz CT molecular complexity index is 611. The molecule has 0 spiro atoms. The van der Waals surface area contributed by atoms with Crippen LogP contribution in [0.1, 0.15) is 24.2 Å². The molecule has 1 aliphatic heterocycles. The number of hydrogen-bond acceptors (Lipinski definition) is 2. The first-order valence-electron chi connectivity index (χ1n) is 6.12. The van der Waals surface area contributed by atoms with Crippen LogP contribution in [0.15, 0.2) is 45.6 Å². The first-order chi connectivity index (χ1) is 9.38. The number of benzene rings is 1. The SMILES string of the molecule is CC(C)NC(=O)c1ccc(N)c([SH]2C=C(F)C=C2F)c1. The molecule has 1 atom stereocenters. The molecular formula is C14H16F2N2OS. The van der Waals surface area contributed by atoms with Crippen molar-refractivity contribution in [2.75, 3.05) is 5.73 Å². The van der Waals surface area contributed by atoms with Crippen LogP contribution in [0.25, 0.3) is 0 Å². The highest BCUT2D eigenvalue weighted by atomic mass is 32.2. The van der Waals surface area contributed by atoms with Gasteiger partial charge in [-0.3, -0.25) is 4.79 Å². The fraction of sp³-hybridized carbons (Fsp3) is 0.214. The molecule has 108 valence electrons. The molecule has 6 heteroatoms. The van der Waals surface area contributed by atoms with Gasteiger partial charge >= 0.3 is 0 Å². The van der Waals surface area contributed by atoms with Gasteiger partial charge in [-0.1, -0.05) is 0 Å². The summed E-state index contributed by atoms with van der Waals surface area (Å²) < 4.78 is 26.8. The zero-order chi connectivity index (χ0) is 14.9. The van der Waals surface area contributed by atoms with Gasteiger partial charge in [0.15, 0.2) is 0 Å². The standard InChI is InChI=1S/C14H16F2N2OS/c1-8(2)18-14(19)9-3-4-11(17)12(5-9)20-7-10(15)6-13(20)16/h3-8,20H,17H2,1-2H3,(H,18,19). The number of carbonyl (C=O) groups is 1. The second kappa shape index (κ2) is 5.66. The predicted octanol–water partition coefficient (Wildman–Crippen LogP) is 3.40. The number of thiol groups is 1. The summed E-state index contributed by atoms with van der Waals surface area (Å²) in [5, 5.41) is 3.40. The van der Waals surface area contributed by atoms with E-state index in [0.29, 0.717) is 16.1 Å². The summed E-state index contributed by atoms with van der Waals surface area (Å²) in [5.41, 5.74) is 6.56. The number of carbonyl (C=O) groups excluding carboxylic acids is 1. The molecule has 1 heterocycles. The van der Waals surface area contributed by atoms with Gasteiger partial charge in [-0.15, -0.1) is 10.9 Å². The van der Waals surface area contributed by atoms with Gasteiger partial charge in [0, 0.05) is 28.3 Å². The molecule has 1 amide bonds. The molecule has 1 aromatic rings. The van der Waals surface area contributed by atoms with Crippen LogP contribution in [0.2, 0.25) is 0 Å². The van der Waals surface area contributed by atoms with Crippen molar-refractivity contribution in [3.05, 3.63) is 46.2 Å². The van der Waals surface area contributed by atoms with E-state index in [1.807, 2.05) is 13.8 Å². The summed E-state index contributed by atoms with van der Waals surface area (Å²) in [6.45, 7) is 3.69. The summed E-state index contributed by atoms with van der Waals surface area (Å²) in [6.07, 6.45) is 0.853. The van der Waals surface area contributed by atoms with Gasteiger partial charge in [0.25, 0.3) is 5.91 Å². The van der Waals surface area contributed by atoms with E-state index < -0.39 is 21.9 Å². The number of nitrogens with two attached hydrogens (primary N) is 1. The molecule has 1 aliphatic rings. The minimum absolute atomic E-state index is 0.00494. The number of amides is 1. The van der Waals surface area contributed by atoms with Crippen molar-refractivity contribution in [1.82, 2.24) is 5.32 Å². The molecule has 0 saturated carbocycles. The van der Waals surface area contributed by atoms with Crippen LogP contribution in [0.3, 0.4) is 0 Å². The lowest BCUT2D eigenvalue weighted by Crippen LogP contribution is -2.30. The molecule has 0 bridgehead atoms. The molecular weight excluding hydrogens is 282 g/mol. The van der Waals surface area contributed by atoms with Crippen molar-refractivity contribution < 1.29 is 13.6 Å². The lowest BCUT2D eigenvalue weighted by atomic mass is 10.2. The largest absolute Gasteiger partial charge is 0.398 e. The molecule has 0 aromatic heterocycles. The second-order valence-electron chi connectivity index (χ2n) is 4.75. The zero-order valence-electron chi connectivity index (χ0n) is 11.2. The maximum Gasteiger partial charge on any atom is 0.251 e. The van der Waals surface area contributed by atoms with Crippen LogP contribution in [-0.2, 0) is 0 Å². The van der Waals surface area contributed by atoms with Crippen molar-refractivity contribution in [2.45, 2.75) is 24.8 Å². The average Bonchev–Trinajstić information content (AvgIpc) is 2.68. The Morgan fingerprint density at radius 1 is 1.35 bits per heavy atom. The van der Waals surface area contributed by atoms with Gasteiger partial charge < -0.3 is 11.1 Å². The number of nitrogen functional groups attached to an aromatic ring is 1. The van der Waals surface area contributed by atoms with Gasteiger partial charge in [0.1, 0.15) is 11.0 Å². The van der Waals surface area contributed by atoms with Gasteiger partial charge in [0.05, 0.1) is 0 Å². The van der Waals surface area contributed by atoms with Crippen LogP contribution < -0.4 is 11.1 Å². The van der Waals surface area contributed by atoms with Crippen LogP contribution in [0.4, 0.5) is 14.5 Å². The molecule has 0 aliphatic carbocycles. The Kier molecular flexibility index (Phi) is 4.13. The highest BCUT2D eigenvalue weighted by Crippen LogP contribution is 2.53. The van der Waals surface area contributed by atoms with E-state index in [-0.39, 0.29) is 11.9 Å². The van der Waals surface area contributed by atoms with E-state index in [0.717, 1.165) is 6.08 Å². The van der Waals surface area contributed by atoms with Gasteiger partial charge in [0.2, 0.25) is 0 Å². The molecule has 1 aromatic carbocycles. The van der Waals surface area contributed by atoms with Crippen molar-refractivity contribution in [3.8, 4) is 0 Å². The summed E-state index contributed by atoms with van der Waals surface area (Å²) >= 11 is 0. The van der Waals surface area contributed by atoms with Crippen molar-refractivity contribution >= 4 is 22.5 Å². The highest BCUT2D eigenvalue weighted by Gasteiger charge is 2.21. The summed E-state index contributed by atoms with van der Waals surface area (Å²) in [7, 11) is -1.57. The minimum Gasteiger partial charge on any atom is -0.398 e. The van der Waals surface area contributed by atoms with E-state index in [2.05, 4.69) is 5.32 Å². The lowest BCUT2D eigenvalue weighted by molar-refractivity contribution is 0.0943. The van der Waals surface area contributed by atoms with E-state index in [1.54, 1.807) is 12.1 Å². The molecule has 20 heavy (non-hydrogen) atoms. The molecule has 1 unspecified atom stereocenters. The summed E-state index contributed by atoms with van der Waals surface area (Å²) in [4.78, 5) is 12.4. The number of halogens is 2. The fourth-order valence-electron chi connectivity index (χ4n) is 1.83. The van der Waals surface area contributed by atoms with Crippen LogP contribution in [0.5, 0.6) is 0 Å². The topological polar surface area (TPSA) is 55.1 Å². The third kappa shape index (κ3) is 3.01. The quantitative estimate of drug-likeness (QED) is 0.592. The molecule has 0 radical (unpaired) electrons. The number of allylic oxidation sites excluding steroid dienone is 2. The maximum atomic E-state index is 13.7. The van der Waals surface area contributed by atoms with Crippen LogP contribution in [0, 0.1) is 0 Å². The average molecular weight is 298 g/mol. The van der Waals surface area contributed by atoms with Crippen molar-refractivity contribution in [2.24, 2.45) is 0 Å². The normalized spacial score (nSPS) is 19.8. The Morgan fingerprint density at radius 3 is 2.60 bits per heavy atom. The molecule has 3 nitrogen and oxygen atoms in total. The molecule has 3 N–H and O–H groups in total. The first kappa shape index (κ1) is 14.6. The van der Waals surface area contributed by atoms with E-state index in [4.69, 9.17) is 5.73 Å². The van der Waals surface area contributed by atoms with Crippen molar-refractivity contribution in [1.29, 1.82) is 0 Å². The van der Waals surface area contributed by atoms with Crippen LogP contribution >= 0.6 is 10.9 Å². The number of rotatable bonds is 3. The second-order valence-corrected chi connectivity index (χ2v) is 6.66. The van der Waals surface area contributed by atoms with Gasteiger partial charge in [-0.2, -0.15) is 0 Å². The fourth-order valence-corrected chi connectivity index (χ4v) is 3.54. The van der Waals surface area contributed by atoms with E-state index >= 15 is 0 Å². The zero-order valence-corrected chi connectivity index (χ0v) is 12.0. The van der Waals surface area contributed by atoms with E-state index in [9.17, 15) is 13.6 Å².